The Bertz CT molecular complexity index is 992. The maximum atomic E-state index is 13.3. The van der Waals surface area contributed by atoms with Gasteiger partial charge < -0.3 is 16.0 Å². The fourth-order valence-electron chi connectivity index (χ4n) is 2.81. The first kappa shape index (κ1) is 23.4. The minimum absolute atomic E-state index is 0.00216. The Hall–Kier alpha value is -3.28. The van der Waals surface area contributed by atoms with Crippen LogP contribution in [0.25, 0.3) is 0 Å². The van der Waals surface area contributed by atoms with Crippen LogP contribution in [0.2, 0.25) is 0 Å². The van der Waals surface area contributed by atoms with Crippen LogP contribution < -0.4 is 16.0 Å². The van der Waals surface area contributed by atoms with Crippen molar-refractivity contribution in [1.82, 2.24) is 30.5 Å². The topological polar surface area (TPSA) is 103 Å². The van der Waals surface area contributed by atoms with E-state index in [1.165, 1.54) is 6.92 Å². The van der Waals surface area contributed by atoms with E-state index in [1.807, 2.05) is 6.92 Å². The number of anilines is 3. The summed E-state index contributed by atoms with van der Waals surface area (Å²) in [5.74, 6) is 0.337. The minimum Gasteiger partial charge on any atom is -0.351 e. The predicted octanol–water partition coefficient (Wildman–Crippen LogP) is 4.02. The van der Waals surface area contributed by atoms with E-state index in [2.05, 4.69) is 41.1 Å². The van der Waals surface area contributed by atoms with Gasteiger partial charge in [0.1, 0.15) is 17.8 Å². The van der Waals surface area contributed by atoms with Gasteiger partial charge in [0, 0.05) is 49.6 Å². The van der Waals surface area contributed by atoms with Crippen molar-refractivity contribution >= 4 is 17.6 Å². The highest BCUT2D eigenvalue weighted by Gasteiger charge is 2.30. The first-order valence-corrected chi connectivity index (χ1v) is 9.96. The van der Waals surface area contributed by atoms with E-state index in [-0.39, 0.29) is 30.0 Å². The molecule has 0 radical (unpaired) electrons. The van der Waals surface area contributed by atoms with E-state index >= 15 is 0 Å². The lowest BCUT2D eigenvalue weighted by Crippen LogP contribution is -2.21. The second kappa shape index (κ2) is 10.4. The van der Waals surface area contributed by atoms with E-state index < -0.39 is 17.9 Å². The summed E-state index contributed by atoms with van der Waals surface area (Å²) in [5, 5.41) is 15.5. The summed E-state index contributed by atoms with van der Waals surface area (Å²) < 4.78 is 52.3. The summed E-state index contributed by atoms with van der Waals surface area (Å²) in [7, 11) is 0. The first-order valence-electron chi connectivity index (χ1n) is 9.96. The van der Waals surface area contributed by atoms with Crippen molar-refractivity contribution in [2.24, 2.45) is 0 Å². The van der Waals surface area contributed by atoms with Crippen LogP contribution in [-0.2, 0) is 12.7 Å². The maximum absolute atomic E-state index is 13.3. The van der Waals surface area contributed by atoms with Gasteiger partial charge in [0.2, 0.25) is 5.95 Å². The molecule has 32 heavy (non-hydrogen) atoms. The lowest BCUT2D eigenvalue weighted by molar-refractivity contribution is -0.137. The van der Waals surface area contributed by atoms with Gasteiger partial charge in [-0.1, -0.05) is 6.92 Å². The first-order chi connectivity index (χ1) is 15.2. The Morgan fingerprint density at radius 3 is 2.59 bits per heavy atom. The van der Waals surface area contributed by atoms with Crippen molar-refractivity contribution in [3.8, 4) is 0 Å². The number of aromatic nitrogens is 5. The number of nitrogens with one attached hydrogen (secondary N) is 4. The Labute approximate surface area is 182 Å². The van der Waals surface area contributed by atoms with Crippen LogP contribution in [0.3, 0.4) is 0 Å². The molecule has 4 N–H and O–H groups in total. The third kappa shape index (κ3) is 6.87. The molecule has 0 saturated heterocycles. The van der Waals surface area contributed by atoms with Crippen molar-refractivity contribution in [2.45, 2.75) is 38.7 Å². The average Bonchev–Trinajstić information content (AvgIpc) is 3.25. The van der Waals surface area contributed by atoms with Crippen LogP contribution in [-0.4, -0.2) is 44.4 Å². The molecule has 3 aromatic rings. The van der Waals surface area contributed by atoms with Gasteiger partial charge in [-0.05, 0) is 19.1 Å². The molecule has 3 heterocycles. The van der Waals surface area contributed by atoms with Gasteiger partial charge >= 0.3 is 6.18 Å². The molecule has 0 fully saturated rings. The third-order valence-electron chi connectivity index (χ3n) is 4.47. The maximum Gasteiger partial charge on any atom is 0.416 e. The van der Waals surface area contributed by atoms with Crippen LogP contribution >= 0.6 is 0 Å². The SMILES string of the molecule is CC(F)CNc1nc(Nc2cc(C(F)(F)F)ccn2)cc(C(C)CNCc2cn[nH]c2)n1. The van der Waals surface area contributed by atoms with Gasteiger partial charge in [0.05, 0.1) is 17.5 Å². The van der Waals surface area contributed by atoms with Crippen molar-refractivity contribution in [3.05, 3.63) is 53.6 Å². The molecule has 0 aromatic carbocycles. The Morgan fingerprint density at radius 2 is 1.91 bits per heavy atom. The summed E-state index contributed by atoms with van der Waals surface area (Å²) in [6.45, 7) is 4.51. The third-order valence-corrected chi connectivity index (χ3v) is 4.47. The fraction of sp³-hybridized carbons (Fsp3) is 0.400. The lowest BCUT2D eigenvalue weighted by Gasteiger charge is -2.16. The normalized spacial score (nSPS) is 13.6. The number of halogens is 4. The Kier molecular flexibility index (Phi) is 7.57. The van der Waals surface area contributed by atoms with E-state index in [0.29, 0.717) is 18.8 Å². The van der Waals surface area contributed by atoms with E-state index in [9.17, 15) is 17.6 Å². The van der Waals surface area contributed by atoms with Crippen LogP contribution in [0.5, 0.6) is 0 Å². The average molecular weight is 452 g/mol. The number of aromatic amines is 1. The molecule has 172 valence electrons. The lowest BCUT2D eigenvalue weighted by atomic mass is 10.1. The fourth-order valence-corrected chi connectivity index (χ4v) is 2.81. The van der Waals surface area contributed by atoms with Gasteiger partial charge in [-0.25, -0.2) is 14.4 Å². The number of nitrogens with zero attached hydrogens (tertiary/aromatic N) is 4. The zero-order valence-corrected chi connectivity index (χ0v) is 17.5. The van der Waals surface area contributed by atoms with Crippen LogP contribution in [0.1, 0.15) is 36.6 Å². The number of hydrogen-bond acceptors (Lipinski definition) is 7. The summed E-state index contributed by atoms with van der Waals surface area (Å²) in [6.07, 6.45) is -1.05. The summed E-state index contributed by atoms with van der Waals surface area (Å²) >= 11 is 0. The summed E-state index contributed by atoms with van der Waals surface area (Å²) in [6, 6.07) is 3.42. The molecular formula is C20H24F4N8. The van der Waals surface area contributed by atoms with Crippen molar-refractivity contribution < 1.29 is 17.6 Å². The standard InChI is InChI=1S/C20H24F4N8/c1-12(7-25-9-14-10-28-29-11-14)16-6-18(32-19(30-16)27-8-13(2)21)31-17-5-15(3-4-26-17)20(22,23)24/h3-6,10-13,25H,7-9H2,1-2H3,(H,28,29)(H2,26,27,30,31,32). The number of pyridine rings is 1. The molecule has 0 bridgehead atoms. The van der Waals surface area contributed by atoms with Gasteiger partial charge in [-0.3, -0.25) is 5.10 Å². The largest absolute Gasteiger partial charge is 0.416 e. The van der Waals surface area contributed by atoms with Crippen LogP contribution in [0.15, 0.2) is 36.8 Å². The molecule has 2 unspecified atom stereocenters. The molecule has 0 amide bonds. The molecule has 12 heteroatoms. The molecule has 0 aliphatic heterocycles. The molecule has 0 aliphatic rings. The molecule has 0 spiro atoms. The molecule has 0 saturated carbocycles. The highest BCUT2D eigenvalue weighted by molar-refractivity contribution is 5.55. The van der Waals surface area contributed by atoms with Crippen molar-refractivity contribution in [2.75, 3.05) is 23.7 Å². The number of H-pyrrole nitrogens is 1. The van der Waals surface area contributed by atoms with Crippen LogP contribution in [0, 0.1) is 0 Å². The minimum atomic E-state index is -4.49. The van der Waals surface area contributed by atoms with Crippen LogP contribution in [0.4, 0.5) is 35.1 Å². The zero-order chi connectivity index (χ0) is 23.1. The van der Waals surface area contributed by atoms with Crippen molar-refractivity contribution in [1.29, 1.82) is 0 Å². The Balaban J connectivity index is 1.77. The smallest absolute Gasteiger partial charge is 0.351 e. The molecule has 3 aromatic heterocycles. The second-order valence-corrected chi connectivity index (χ2v) is 7.35. The molecule has 3 rings (SSSR count). The van der Waals surface area contributed by atoms with Gasteiger partial charge in [0.15, 0.2) is 0 Å². The quantitative estimate of drug-likeness (QED) is 0.345. The van der Waals surface area contributed by atoms with E-state index in [1.54, 1.807) is 18.5 Å². The predicted molar refractivity (Wildman–Crippen MR) is 112 cm³/mol. The highest BCUT2D eigenvalue weighted by atomic mass is 19.4. The number of hydrogen-bond donors (Lipinski definition) is 4. The van der Waals surface area contributed by atoms with Crippen molar-refractivity contribution in [3.63, 3.8) is 0 Å². The summed E-state index contributed by atoms with van der Waals surface area (Å²) in [4.78, 5) is 12.6. The number of alkyl halides is 4. The van der Waals surface area contributed by atoms with E-state index in [4.69, 9.17) is 0 Å². The molecule has 2 atom stereocenters. The second-order valence-electron chi connectivity index (χ2n) is 7.35. The molecule has 0 aliphatic carbocycles. The number of rotatable bonds is 10. The highest BCUT2D eigenvalue weighted by Crippen LogP contribution is 2.30. The monoisotopic (exact) mass is 452 g/mol. The Morgan fingerprint density at radius 1 is 1.09 bits per heavy atom. The van der Waals surface area contributed by atoms with Gasteiger partial charge in [-0.2, -0.15) is 23.3 Å². The zero-order valence-electron chi connectivity index (χ0n) is 17.5. The van der Waals surface area contributed by atoms with E-state index in [0.717, 1.165) is 23.9 Å². The summed E-state index contributed by atoms with van der Waals surface area (Å²) in [5.41, 5.74) is 0.797. The van der Waals surface area contributed by atoms with Gasteiger partial charge in [-0.15, -0.1) is 0 Å². The molecular weight excluding hydrogens is 428 g/mol. The van der Waals surface area contributed by atoms with Gasteiger partial charge in [0.25, 0.3) is 0 Å². The molecule has 8 nitrogen and oxygen atoms in total.